The molecule has 3 nitrogen and oxygen atoms in total. The first-order valence-electron chi connectivity index (χ1n) is 6.73. The van der Waals surface area contributed by atoms with Crippen LogP contribution < -0.4 is 9.47 Å². The molecule has 0 N–H and O–H groups in total. The van der Waals surface area contributed by atoms with Crippen LogP contribution in [0, 0.1) is 13.8 Å². The first-order chi connectivity index (χ1) is 10.0. The second kappa shape index (κ2) is 6.76. The molecule has 21 heavy (non-hydrogen) atoms. The van der Waals surface area contributed by atoms with Gasteiger partial charge in [-0.1, -0.05) is 28.1 Å². The summed E-state index contributed by atoms with van der Waals surface area (Å²) >= 11 is 3.36. The van der Waals surface area contributed by atoms with Gasteiger partial charge in [-0.15, -0.1) is 0 Å². The first-order valence-corrected chi connectivity index (χ1v) is 7.53. The molecule has 2 aromatic carbocycles. The fraction of sp³-hybridized carbons (Fsp3) is 0.235. The first kappa shape index (κ1) is 15.6. The van der Waals surface area contributed by atoms with Gasteiger partial charge in [-0.2, -0.15) is 0 Å². The van der Waals surface area contributed by atoms with Gasteiger partial charge in [-0.25, -0.2) is 4.79 Å². The van der Waals surface area contributed by atoms with Crippen molar-refractivity contribution in [2.75, 3.05) is 6.61 Å². The van der Waals surface area contributed by atoms with Crippen LogP contribution in [0.3, 0.4) is 0 Å². The van der Waals surface area contributed by atoms with E-state index in [2.05, 4.69) is 15.9 Å². The van der Waals surface area contributed by atoms with E-state index in [0.717, 1.165) is 15.6 Å². The molecule has 0 aliphatic carbocycles. The maximum absolute atomic E-state index is 12.4. The second-order valence-corrected chi connectivity index (χ2v) is 5.58. The van der Waals surface area contributed by atoms with Crippen LogP contribution in [0.25, 0.3) is 0 Å². The van der Waals surface area contributed by atoms with Gasteiger partial charge in [0.15, 0.2) is 0 Å². The molecule has 0 bridgehead atoms. The average Bonchev–Trinajstić information content (AvgIpc) is 2.46. The van der Waals surface area contributed by atoms with Gasteiger partial charge in [0.25, 0.3) is 0 Å². The topological polar surface area (TPSA) is 35.5 Å². The van der Waals surface area contributed by atoms with Crippen molar-refractivity contribution in [2.24, 2.45) is 0 Å². The maximum atomic E-state index is 12.4. The molecule has 0 aliphatic rings. The Labute approximate surface area is 133 Å². The van der Waals surface area contributed by atoms with Crippen molar-refractivity contribution in [2.45, 2.75) is 20.8 Å². The van der Waals surface area contributed by atoms with E-state index in [0.29, 0.717) is 23.7 Å². The van der Waals surface area contributed by atoms with Gasteiger partial charge >= 0.3 is 5.97 Å². The van der Waals surface area contributed by atoms with Crippen LogP contribution in [0.4, 0.5) is 0 Å². The fourth-order valence-corrected chi connectivity index (χ4v) is 2.29. The lowest BCUT2D eigenvalue weighted by Crippen LogP contribution is -2.12. The highest BCUT2D eigenvalue weighted by Gasteiger charge is 2.16. The van der Waals surface area contributed by atoms with Crippen LogP contribution >= 0.6 is 15.9 Å². The van der Waals surface area contributed by atoms with Gasteiger partial charge in [0.1, 0.15) is 17.1 Å². The number of hydrogen-bond donors (Lipinski definition) is 0. The zero-order valence-corrected chi connectivity index (χ0v) is 13.9. The summed E-state index contributed by atoms with van der Waals surface area (Å²) in [5, 5.41) is 0. The SMILES string of the molecule is CCOc1ccc(Br)cc1C(=O)Oc1cccc(C)c1C. The third kappa shape index (κ3) is 3.64. The summed E-state index contributed by atoms with van der Waals surface area (Å²) in [5.74, 6) is 0.673. The third-order valence-electron chi connectivity index (χ3n) is 3.22. The number of benzene rings is 2. The minimum absolute atomic E-state index is 0.409. The lowest BCUT2D eigenvalue weighted by Gasteiger charge is -2.12. The number of hydrogen-bond acceptors (Lipinski definition) is 3. The highest BCUT2D eigenvalue weighted by Crippen LogP contribution is 2.27. The standard InChI is InChI=1S/C17H17BrO3/c1-4-20-16-9-8-13(18)10-14(16)17(19)21-15-7-5-6-11(2)12(15)3/h5-10H,4H2,1-3H3. The van der Waals surface area contributed by atoms with Crippen molar-refractivity contribution >= 4 is 21.9 Å². The summed E-state index contributed by atoms with van der Waals surface area (Å²) in [6.07, 6.45) is 0. The Balaban J connectivity index is 2.32. The van der Waals surface area contributed by atoms with Crippen molar-refractivity contribution < 1.29 is 14.3 Å². The Morgan fingerprint density at radius 1 is 1.14 bits per heavy atom. The number of carbonyl (C=O) groups is 1. The summed E-state index contributed by atoms with van der Waals surface area (Å²) in [5.41, 5.74) is 2.45. The minimum Gasteiger partial charge on any atom is -0.493 e. The Bertz CT molecular complexity index is 665. The Morgan fingerprint density at radius 3 is 2.62 bits per heavy atom. The fourth-order valence-electron chi connectivity index (χ4n) is 1.93. The van der Waals surface area contributed by atoms with Gasteiger partial charge in [0.05, 0.1) is 6.61 Å². The maximum Gasteiger partial charge on any atom is 0.347 e. The molecular formula is C17H17BrO3. The zero-order valence-electron chi connectivity index (χ0n) is 12.3. The molecule has 0 saturated carbocycles. The van der Waals surface area contributed by atoms with Crippen LogP contribution in [0.2, 0.25) is 0 Å². The Kier molecular flexibility index (Phi) is 5.02. The highest BCUT2D eigenvalue weighted by molar-refractivity contribution is 9.10. The molecule has 0 radical (unpaired) electrons. The van der Waals surface area contributed by atoms with E-state index in [1.165, 1.54) is 0 Å². The number of carbonyl (C=O) groups excluding carboxylic acids is 1. The van der Waals surface area contributed by atoms with E-state index in [4.69, 9.17) is 9.47 Å². The van der Waals surface area contributed by atoms with Crippen LogP contribution in [-0.4, -0.2) is 12.6 Å². The molecule has 0 unspecified atom stereocenters. The number of ether oxygens (including phenoxy) is 2. The Hall–Kier alpha value is -1.81. The predicted octanol–water partition coefficient (Wildman–Crippen LogP) is 4.68. The van der Waals surface area contributed by atoms with E-state index in [-0.39, 0.29) is 0 Å². The largest absolute Gasteiger partial charge is 0.493 e. The summed E-state index contributed by atoms with van der Waals surface area (Å²) in [4.78, 5) is 12.4. The Morgan fingerprint density at radius 2 is 1.90 bits per heavy atom. The molecule has 110 valence electrons. The third-order valence-corrected chi connectivity index (χ3v) is 3.71. The lowest BCUT2D eigenvalue weighted by atomic mass is 10.1. The molecule has 0 aromatic heterocycles. The van der Waals surface area contributed by atoms with E-state index in [9.17, 15) is 4.79 Å². The smallest absolute Gasteiger partial charge is 0.347 e. The quantitative estimate of drug-likeness (QED) is 0.594. The summed E-state index contributed by atoms with van der Waals surface area (Å²) in [6.45, 7) is 6.28. The van der Waals surface area contributed by atoms with Crippen molar-refractivity contribution in [1.82, 2.24) is 0 Å². The average molecular weight is 349 g/mol. The lowest BCUT2D eigenvalue weighted by molar-refractivity contribution is 0.0729. The molecule has 0 amide bonds. The minimum atomic E-state index is -0.423. The van der Waals surface area contributed by atoms with Crippen LogP contribution in [0.15, 0.2) is 40.9 Å². The van der Waals surface area contributed by atoms with Crippen LogP contribution in [-0.2, 0) is 0 Å². The molecule has 0 heterocycles. The van der Waals surface area contributed by atoms with Gasteiger partial charge in [0, 0.05) is 4.47 Å². The van der Waals surface area contributed by atoms with Crippen molar-refractivity contribution in [3.8, 4) is 11.5 Å². The van der Waals surface area contributed by atoms with Crippen molar-refractivity contribution in [1.29, 1.82) is 0 Å². The van der Waals surface area contributed by atoms with Crippen molar-refractivity contribution in [3.05, 3.63) is 57.6 Å². The van der Waals surface area contributed by atoms with Crippen LogP contribution in [0.1, 0.15) is 28.4 Å². The number of rotatable bonds is 4. The molecule has 0 spiro atoms. The normalized spacial score (nSPS) is 10.3. The monoisotopic (exact) mass is 348 g/mol. The van der Waals surface area contributed by atoms with E-state index in [1.54, 1.807) is 18.2 Å². The van der Waals surface area contributed by atoms with Crippen LogP contribution in [0.5, 0.6) is 11.5 Å². The zero-order chi connectivity index (χ0) is 15.4. The van der Waals surface area contributed by atoms with E-state index < -0.39 is 5.97 Å². The summed E-state index contributed by atoms with van der Waals surface area (Å²) < 4.78 is 11.8. The van der Waals surface area contributed by atoms with E-state index in [1.807, 2.05) is 39.0 Å². The highest BCUT2D eigenvalue weighted by atomic mass is 79.9. The van der Waals surface area contributed by atoms with Gasteiger partial charge < -0.3 is 9.47 Å². The molecule has 0 atom stereocenters. The molecule has 0 fully saturated rings. The second-order valence-electron chi connectivity index (χ2n) is 4.66. The predicted molar refractivity (Wildman–Crippen MR) is 86.2 cm³/mol. The molecule has 2 rings (SSSR count). The summed E-state index contributed by atoms with van der Waals surface area (Å²) in [6, 6.07) is 10.9. The molecule has 0 saturated heterocycles. The number of aryl methyl sites for hydroxylation is 1. The van der Waals surface area contributed by atoms with Gasteiger partial charge in [0.2, 0.25) is 0 Å². The van der Waals surface area contributed by atoms with Gasteiger partial charge in [-0.3, -0.25) is 0 Å². The molecule has 4 heteroatoms. The molecular weight excluding hydrogens is 332 g/mol. The summed E-state index contributed by atoms with van der Waals surface area (Å²) in [7, 11) is 0. The molecule has 0 aliphatic heterocycles. The molecule has 2 aromatic rings. The van der Waals surface area contributed by atoms with Gasteiger partial charge in [-0.05, 0) is 56.2 Å². The van der Waals surface area contributed by atoms with Crippen molar-refractivity contribution in [3.63, 3.8) is 0 Å². The number of esters is 1. The van der Waals surface area contributed by atoms with E-state index >= 15 is 0 Å². The number of halogens is 1.